The summed E-state index contributed by atoms with van der Waals surface area (Å²) in [5.41, 5.74) is 3.79. The van der Waals surface area contributed by atoms with Gasteiger partial charge in [-0.1, -0.05) is 24.3 Å². The lowest BCUT2D eigenvalue weighted by Crippen LogP contribution is -2.49. The average Bonchev–Trinajstić information content (AvgIpc) is 3.32. The second kappa shape index (κ2) is 12.7. The third-order valence-corrected chi connectivity index (χ3v) is 7.92. The van der Waals surface area contributed by atoms with E-state index in [1.54, 1.807) is 4.90 Å². The van der Waals surface area contributed by atoms with E-state index in [0.29, 0.717) is 32.0 Å². The van der Waals surface area contributed by atoms with Gasteiger partial charge in [0.15, 0.2) is 0 Å². The maximum absolute atomic E-state index is 12.6. The number of hydrogen-bond acceptors (Lipinski definition) is 7. The molecule has 2 aliphatic rings. The Morgan fingerprint density at radius 2 is 1.80 bits per heavy atom. The molecule has 1 aliphatic heterocycles. The number of halogens is 1. The van der Waals surface area contributed by atoms with Gasteiger partial charge >= 0.3 is 6.09 Å². The molecule has 0 spiro atoms. The van der Waals surface area contributed by atoms with Crippen LogP contribution in [0.25, 0.3) is 22.2 Å². The van der Waals surface area contributed by atoms with E-state index in [1.165, 1.54) is 5.56 Å². The van der Waals surface area contributed by atoms with Gasteiger partial charge in [0, 0.05) is 68.7 Å². The van der Waals surface area contributed by atoms with Gasteiger partial charge in [-0.2, -0.15) is 4.98 Å². The van der Waals surface area contributed by atoms with Crippen molar-refractivity contribution in [3.63, 3.8) is 0 Å². The van der Waals surface area contributed by atoms with Gasteiger partial charge in [0.1, 0.15) is 11.2 Å². The molecule has 1 aliphatic carbocycles. The van der Waals surface area contributed by atoms with E-state index in [-0.39, 0.29) is 24.9 Å². The van der Waals surface area contributed by atoms with Gasteiger partial charge in [-0.05, 0) is 64.0 Å². The van der Waals surface area contributed by atoms with Crippen LogP contribution in [-0.4, -0.2) is 86.6 Å². The monoisotopic (exact) mass is 566 g/mol. The number of piperazine rings is 1. The number of nitrogens with zero attached hydrogens (tertiary/aromatic N) is 5. The highest BCUT2D eigenvalue weighted by molar-refractivity contribution is 5.94. The number of hydrogen-bond donors (Lipinski definition) is 2. The molecule has 1 saturated carbocycles. The Bertz CT molecular complexity index is 1310. The van der Waals surface area contributed by atoms with Crippen LogP contribution in [0.3, 0.4) is 0 Å². The van der Waals surface area contributed by atoms with E-state index < -0.39 is 5.60 Å². The molecule has 0 unspecified atom stereocenters. The van der Waals surface area contributed by atoms with Gasteiger partial charge in [0.2, 0.25) is 5.95 Å². The Balaban J connectivity index is 1.29. The normalized spacial score (nSPS) is 20.4. The summed E-state index contributed by atoms with van der Waals surface area (Å²) in [4.78, 5) is 25.9. The maximum atomic E-state index is 12.6. The molecule has 3 heterocycles. The largest absolute Gasteiger partial charge is 0.444 e. The van der Waals surface area contributed by atoms with Gasteiger partial charge < -0.3 is 24.6 Å². The van der Waals surface area contributed by atoms with Crippen LogP contribution in [0.5, 0.6) is 0 Å². The van der Waals surface area contributed by atoms with Crippen LogP contribution in [0.15, 0.2) is 36.7 Å². The number of alkyl halides is 1. The Morgan fingerprint density at radius 3 is 2.46 bits per heavy atom. The number of carbonyl (C=O) groups excluding carboxylic acids is 1. The van der Waals surface area contributed by atoms with Crippen LogP contribution in [0, 0.1) is 0 Å². The fourth-order valence-corrected chi connectivity index (χ4v) is 5.69. The van der Waals surface area contributed by atoms with Crippen LogP contribution < -0.4 is 5.32 Å². The topological polar surface area (TPSA) is 95.8 Å². The average molecular weight is 567 g/mol. The van der Waals surface area contributed by atoms with Gasteiger partial charge in [0.25, 0.3) is 0 Å². The van der Waals surface area contributed by atoms with Crippen molar-refractivity contribution in [1.29, 1.82) is 0 Å². The van der Waals surface area contributed by atoms with E-state index >= 15 is 0 Å². The van der Waals surface area contributed by atoms with Gasteiger partial charge in [-0.15, -0.1) is 0 Å². The van der Waals surface area contributed by atoms with Crippen LogP contribution >= 0.6 is 0 Å². The van der Waals surface area contributed by atoms with Crippen molar-refractivity contribution < 1.29 is 19.0 Å². The highest BCUT2D eigenvalue weighted by Gasteiger charge is 2.27. The number of fused-ring (bicyclic) bond motifs is 1. The molecule has 0 radical (unpaired) electrons. The number of ether oxygens (including phenoxy) is 1. The third kappa shape index (κ3) is 7.35. The van der Waals surface area contributed by atoms with Crippen LogP contribution in [0.1, 0.15) is 64.5 Å². The number of anilines is 1. The number of nitrogens with one attached hydrogen (secondary N) is 1. The number of benzene rings is 1. The molecule has 41 heavy (non-hydrogen) atoms. The molecule has 5 rings (SSSR count). The zero-order valence-electron chi connectivity index (χ0n) is 24.5. The predicted molar refractivity (Wildman–Crippen MR) is 159 cm³/mol. The first-order valence-electron chi connectivity index (χ1n) is 14.9. The molecule has 222 valence electrons. The summed E-state index contributed by atoms with van der Waals surface area (Å²) in [5.74, 6) is 0.509. The maximum Gasteiger partial charge on any atom is 0.410 e. The highest BCUT2D eigenvalue weighted by Crippen LogP contribution is 2.36. The molecule has 2 aromatic heterocycles. The number of aromatic nitrogens is 3. The van der Waals surface area contributed by atoms with Crippen molar-refractivity contribution in [3.05, 3.63) is 42.2 Å². The number of carbonyl (C=O) groups is 1. The summed E-state index contributed by atoms with van der Waals surface area (Å²) in [5, 5.41) is 14.2. The molecular formula is C31H43FN6O3. The first-order valence-corrected chi connectivity index (χ1v) is 14.9. The van der Waals surface area contributed by atoms with Crippen LogP contribution in [0.2, 0.25) is 0 Å². The molecule has 2 N–H and O–H groups in total. The lowest BCUT2D eigenvalue weighted by Gasteiger charge is -2.35. The SMILES string of the molecule is CC(C)(C)OC(=O)N1CCN(Cc2ccc(-c3cn(C4CCC(O)CC4)c4nc(NCCCF)ncc34)cc2)CC1. The number of rotatable bonds is 8. The van der Waals surface area contributed by atoms with Crippen molar-refractivity contribution in [3.8, 4) is 11.1 Å². The Kier molecular flexibility index (Phi) is 9.09. The summed E-state index contributed by atoms with van der Waals surface area (Å²) in [6, 6.07) is 8.92. The first-order chi connectivity index (χ1) is 19.7. The molecule has 10 heteroatoms. The fourth-order valence-electron chi connectivity index (χ4n) is 5.69. The minimum atomic E-state index is -0.484. The summed E-state index contributed by atoms with van der Waals surface area (Å²) in [6.45, 7) is 9.55. The van der Waals surface area contributed by atoms with E-state index in [2.05, 4.69) is 50.2 Å². The fraction of sp³-hybridized carbons (Fsp3) is 0.581. The second-order valence-corrected chi connectivity index (χ2v) is 12.3. The van der Waals surface area contributed by atoms with Gasteiger partial charge in [0.05, 0.1) is 12.8 Å². The van der Waals surface area contributed by atoms with Crippen LogP contribution in [-0.2, 0) is 11.3 Å². The molecular weight excluding hydrogens is 523 g/mol. The molecule has 1 saturated heterocycles. The number of aliphatic hydroxyl groups is 1. The zero-order valence-corrected chi connectivity index (χ0v) is 24.5. The summed E-state index contributed by atoms with van der Waals surface area (Å²) < 4.78 is 20.4. The minimum absolute atomic E-state index is 0.229. The standard InChI is InChI=1S/C31H43FN6O3/c1-31(2,3)41-30(40)37-17-15-36(16-18-37)20-22-5-7-23(8-6-22)27-21-38(24-9-11-25(39)12-10-24)28-26(27)19-34-29(35-28)33-14-4-13-32/h5-8,19,21,24-25,39H,4,9-18,20H2,1-3H3,(H,33,34,35). The lowest BCUT2D eigenvalue weighted by molar-refractivity contribution is 0.0139. The zero-order chi connectivity index (χ0) is 29.0. The van der Waals surface area contributed by atoms with Crippen molar-refractivity contribution in [1.82, 2.24) is 24.3 Å². The molecule has 3 aromatic rings. The predicted octanol–water partition coefficient (Wildman–Crippen LogP) is 5.40. The third-order valence-electron chi connectivity index (χ3n) is 7.92. The Morgan fingerprint density at radius 1 is 1.10 bits per heavy atom. The Labute approximate surface area is 241 Å². The molecule has 1 amide bonds. The first kappa shape index (κ1) is 29.3. The van der Waals surface area contributed by atoms with E-state index in [1.807, 2.05) is 27.0 Å². The van der Waals surface area contributed by atoms with E-state index in [9.17, 15) is 14.3 Å². The van der Waals surface area contributed by atoms with Gasteiger partial charge in [-0.25, -0.2) is 9.78 Å². The number of aliphatic hydroxyl groups excluding tert-OH is 1. The van der Waals surface area contributed by atoms with Crippen molar-refractivity contribution in [2.75, 3.05) is 44.7 Å². The molecule has 0 bridgehead atoms. The molecule has 9 nitrogen and oxygen atoms in total. The summed E-state index contributed by atoms with van der Waals surface area (Å²) >= 11 is 0. The highest BCUT2D eigenvalue weighted by atomic mass is 19.1. The molecule has 1 aromatic carbocycles. The molecule has 0 atom stereocenters. The van der Waals surface area contributed by atoms with Crippen molar-refractivity contribution >= 4 is 23.1 Å². The van der Waals surface area contributed by atoms with E-state index in [0.717, 1.165) is 67.5 Å². The second-order valence-electron chi connectivity index (χ2n) is 12.3. The van der Waals surface area contributed by atoms with Crippen LogP contribution in [0.4, 0.5) is 15.1 Å². The smallest absolute Gasteiger partial charge is 0.410 e. The lowest BCUT2D eigenvalue weighted by atomic mass is 9.93. The van der Waals surface area contributed by atoms with Crippen molar-refractivity contribution in [2.45, 2.75) is 77.2 Å². The quantitative estimate of drug-likeness (QED) is 0.353. The summed E-state index contributed by atoms with van der Waals surface area (Å²) in [6.07, 6.45) is 7.36. The summed E-state index contributed by atoms with van der Waals surface area (Å²) in [7, 11) is 0. The minimum Gasteiger partial charge on any atom is -0.444 e. The van der Waals surface area contributed by atoms with Crippen molar-refractivity contribution in [2.24, 2.45) is 0 Å². The van der Waals surface area contributed by atoms with E-state index in [4.69, 9.17) is 9.72 Å². The van der Waals surface area contributed by atoms with Gasteiger partial charge in [-0.3, -0.25) is 9.29 Å². The molecule has 2 fully saturated rings. The number of amides is 1. The Hall–Kier alpha value is -3.24.